The lowest BCUT2D eigenvalue weighted by atomic mass is 10.0. The topological polar surface area (TPSA) is 52.9 Å². The number of imidazole rings is 1. The van der Waals surface area contributed by atoms with Gasteiger partial charge in [0.25, 0.3) is 0 Å². The molecule has 1 heterocycles. The Hall–Kier alpha value is -2.02. The smallest absolute Gasteiger partial charge is 0.322 e. The number of hydrogen-bond acceptors (Lipinski definition) is 2. The van der Waals surface area contributed by atoms with Gasteiger partial charge in [-0.1, -0.05) is 18.2 Å². The van der Waals surface area contributed by atoms with Crippen molar-refractivity contribution in [2.24, 2.45) is 12.8 Å². The number of benzene rings is 1. The van der Waals surface area contributed by atoms with Gasteiger partial charge < -0.3 is 10.3 Å². The third-order valence-electron chi connectivity index (χ3n) is 3.08. The van der Waals surface area contributed by atoms with Crippen LogP contribution in [0.15, 0.2) is 41.5 Å². The van der Waals surface area contributed by atoms with E-state index in [2.05, 4.69) is 0 Å². The second-order valence-corrected chi connectivity index (χ2v) is 4.54. The molecule has 0 radical (unpaired) electrons. The summed E-state index contributed by atoms with van der Waals surface area (Å²) >= 11 is 0. The van der Waals surface area contributed by atoms with Gasteiger partial charge in [0.1, 0.15) is 0 Å². The van der Waals surface area contributed by atoms with E-state index in [1.165, 1.54) is 39.7 Å². The lowest BCUT2D eigenvalue weighted by Crippen LogP contribution is -2.28. The van der Waals surface area contributed by atoms with Crippen molar-refractivity contribution >= 4 is 0 Å². The van der Waals surface area contributed by atoms with E-state index in [1.54, 1.807) is 7.05 Å². The molecule has 1 aromatic carbocycles. The molecule has 108 valence electrons. The number of aryl methyl sites for hydroxylation is 1. The molecule has 2 N–H and O–H groups in total. The Labute approximate surface area is 113 Å². The van der Waals surface area contributed by atoms with E-state index in [9.17, 15) is 18.0 Å². The van der Waals surface area contributed by atoms with Crippen molar-refractivity contribution in [2.45, 2.75) is 18.8 Å². The molecule has 1 unspecified atom stereocenters. The fraction of sp³-hybridized carbons (Fsp3) is 0.308. The Kier molecular flexibility index (Phi) is 3.71. The summed E-state index contributed by atoms with van der Waals surface area (Å²) in [5, 5.41) is 0. The summed E-state index contributed by atoms with van der Waals surface area (Å²) in [5.74, 6) is 0. The molecule has 0 spiro atoms. The molecule has 0 amide bonds. The first-order valence-electron chi connectivity index (χ1n) is 5.94. The van der Waals surface area contributed by atoms with Crippen LogP contribution in [0.2, 0.25) is 0 Å². The van der Waals surface area contributed by atoms with Crippen molar-refractivity contribution in [3.63, 3.8) is 0 Å². The van der Waals surface area contributed by atoms with E-state index in [0.29, 0.717) is 0 Å². The van der Waals surface area contributed by atoms with E-state index in [1.807, 2.05) is 0 Å². The monoisotopic (exact) mass is 285 g/mol. The largest absolute Gasteiger partial charge is 0.416 e. The van der Waals surface area contributed by atoms with Gasteiger partial charge in [0.2, 0.25) is 0 Å². The molecule has 2 rings (SSSR count). The third-order valence-corrected chi connectivity index (χ3v) is 3.08. The van der Waals surface area contributed by atoms with Gasteiger partial charge in [-0.3, -0.25) is 4.57 Å². The van der Waals surface area contributed by atoms with Crippen LogP contribution in [0, 0.1) is 0 Å². The van der Waals surface area contributed by atoms with Gasteiger partial charge in [-0.15, -0.1) is 0 Å². The van der Waals surface area contributed by atoms with Gasteiger partial charge in [-0.25, -0.2) is 4.79 Å². The van der Waals surface area contributed by atoms with E-state index in [4.69, 9.17) is 5.73 Å². The Morgan fingerprint density at radius 3 is 2.45 bits per heavy atom. The number of hydrogen-bond donors (Lipinski definition) is 1. The van der Waals surface area contributed by atoms with Crippen molar-refractivity contribution in [2.75, 3.05) is 0 Å². The average Bonchev–Trinajstić information content (AvgIpc) is 2.70. The van der Waals surface area contributed by atoms with Crippen molar-refractivity contribution in [3.05, 3.63) is 58.3 Å². The second-order valence-electron chi connectivity index (χ2n) is 4.54. The average molecular weight is 285 g/mol. The highest BCUT2D eigenvalue weighted by atomic mass is 19.4. The van der Waals surface area contributed by atoms with Gasteiger partial charge in [-0.2, -0.15) is 13.2 Å². The minimum atomic E-state index is -4.46. The highest BCUT2D eigenvalue weighted by molar-refractivity contribution is 5.32. The van der Waals surface area contributed by atoms with E-state index in [-0.39, 0.29) is 17.8 Å². The second kappa shape index (κ2) is 5.16. The van der Waals surface area contributed by atoms with Crippen LogP contribution in [0.3, 0.4) is 0 Å². The molecule has 0 saturated carbocycles. The number of alkyl halides is 3. The molecule has 20 heavy (non-hydrogen) atoms. The van der Waals surface area contributed by atoms with Crippen LogP contribution in [0.25, 0.3) is 0 Å². The highest BCUT2D eigenvalue weighted by Crippen LogP contribution is 2.34. The normalized spacial score (nSPS) is 13.4. The van der Waals surface area contributed by atoms with Crippen LogP contribution in [-0.2, 0) is 19.8 Å². The SMILES string of the molecule is Cn1ccn(CC(N)c2ccccc2C(F)(F)F)c1=O. The predicted octanol–water partition coefficient (Wildman–Crippen LogP) is 1.91. The Morgan fingerprint density at radius 2 is 1.90 bits per heavy atom. The molecule has 2 aromatic rings. The summed E-state index contributed by atoms with van der Waals surface area (Å²) in [4.78, 5) is 11.7. The maximum absolute atomic E-state index is 12.9. The van der Waals surface area contributed by atoms with Crippen LogP contribution in [0.1, 0.15) is 17.2 Å². The van der Waals surface area contributed by atoms with Gasteiger partial charge in [0, 0.05) is 32.0 Å². The van der Waals surface area contributed by atoms with E-state index >= 15 is 0 Å². The first kappa shape index (κ1) is 14.4. The van der Waals surface area contributed by atoms with Crippen LogP contribution in [0.4, 0.5) is 13.2 Å². The number of rotatable bonds is 3. The molecular weight excluding hydrogens is 271 g/mol. The Morgan fingerprint density at radius 1 is 1.25 bits per heavy atom. The van der Waals surface area contributed by atoms with E-state index < -0.39 is 17.8 Å². The van der Waals surface area contributed by atoms with E-state index in [0.717, 1.165) is 6.07 Å². The van der Waals surface area contributed by atoms with Crippen LogP contribution < -0.4 is 11.4 Å². The third kappa shape index (κ3) is 2.77. The van der Waals surface area contributed by atoms with Crippen molar-refractivity contribution in [1.29, 1.82) is 0 Å². The van der Waals surface area contributed by atoms with Crippen LogP contribution in [0.5, 0.6) is 0 Å². The zero-order valence-electron chi connectivity index (χ0n) is 10.8. The zero-order valence-corrected chi connectivity index (χ0v) is 10.8. The number of nitrogens with zero attached hydrogens (tertiary/aromatic N) is 2. The first-order valence-corrected chi connectivity index (χ1v) is 5.94. The van der Waals surface area contributed by atoms with Crippen molar-refractivity contribution in [1.82, 2.24) is 9.13 Å². The van der Waals surface area contributed by atoms with Crippen molar-refractivity contribution < 1.29 is 13.2 Å². The molecule has 1 aromatic heterocycles. The minimum Gasteiger partial charge on any atom is -0.322 e. The van der Waals surface area contributed by atoms with Gasteiger partial charge in [0.15, 0.2) is 0 Å². The summed E-state index contributed by atoms with van der Waals surface area (Å²) in [6.45, 7) is -0.00718. The molecule has 4 nitrogen and oxygen atoms in total. The Balaban J connectivity index is 2.33. The molecule has 0 bridgehead atoms. The quantitative estimate of drug-likeness (QED) is 0.936. The minimum absolute atomic E-state index is 0.00718. The number of aromatic nitrogens is 2. The summed E-state index contributed by atoms with van der Waals surface area (Å²) in [6, 6.07) is 4.23. The Bertz CT molecular complexity index is 657. The lowest BCUT2D eigenvalue weighted by molar-refractivity contribution is -0.138. The molecule has 7 heteroatoms. The first-order chi connectivity index (χ1) is 9.30. The molecular formula is C13H14F3N3O. The van der Waals surface area contributed by atoms with Gasteiger partial charge in [0.05, 0.1) is 5.56 Å². The fourth-order valence-corrected chi connectivity index (χ4v) is 2.04. The molecule has 0 aliphatic rings. The lowest BCUT2D eigenvalue weighted by Gasteiger charge is -2.18. The maximum Gasteiger partial charge on any atom is 0.416 e. The standard InChI is InChI=1S/C13H14F3N3O/c1-18-6-7-19(12(18)20)8-11(17)9-4-2-3-5-10(9)13(14,15)16/h2-7,11H,8,17H2,1H3. The summed E-state index contributed by atoms with van der Waals surface area (Å²) in [5.41, 5.74) is 4.73. The van der Waals surface area contributed by atoms with Crippen LogP contribution >= 0.6 is 0 Å². The number of halogens is 3. The zero-order chi connectivity index (χ0) is 14.9. The predicted molar refractivity (Wildman–Crippen MR) is 68.0 cm³/mol. The highest BCUT2D eigenvalue weighted by Gasteiger charge is 2.34. The summed E-state index contributed by atoms with van der Waals surface area (Å²) < 4.78 is 41.3. The molecule has 0 aliphatic carbocycles. The van der Waals surface area contributed by atoms with Crippen LogP contribution in [-0.4, -0.2) is 9.13 Å². The molecule has 0 fully saturated rings. The summed E-state index contributed by atoms with van der Waals surface area (Å²) in [6.07, 6.45) is -1.43. The molecule has 0 saturated heterocycles. The molecule has 0 aliphatic heterocycles. The summed E-state index contributed by atoms with van der Waals surface area (Å²) in [7, 11) is 1.56. The fourth-order valence-electron chi connectivity index (χ4n) is 2.04. The van der Waals surface area contributed by atoms with Gasteiger partial charge in [-0.05, 0) is 11.6 Å². The number of nitrogens with two attached hydrogens (primary N) is 1. The van der Waals surface area contributed by atoms with Crippen molar-refractivity contribution in [3.8, 4) is 0 Å². The maximum atomic E-state index is 12.9. The van der Waals surface area contributed by atoms with Gasteiger partial charge >= 0.3 is 11.9 Å². The molecule has 1 atom stereocenters.